The average Bonchev–Trinajstić information content (AvgIpc) is 2.35. The Morgan fingerprint density at radius 3 is 2.63 bits per heavy atom. The van der Waals surface area contributed by atoms with Gasteiger partial charge in [-0.05, 0) is 51.7 Å². The maximum absolute atomic E-state index is 12.1. The van der Waals surface area contributed by atoms with Gasteiger partial charge in [0.15, 0.2) is 0 Å². The topological polar surface area (TPSA) is 73.2 Å². The largest absolute Gasteiger partial charge is 0.309 e. The molecule has 0 heterocycles. The molecule has 0 atom stereocenters. The molecule has 0 saturated heterocycles. The minimum absolute atomic E-state index is 0.177. The number of aryl methyl sites for hydroxylation is 1. The molecule has 0 aromatic heterocycles. The molecule has 0 saturated carbocycles. The summed E-state index contributed by atoms with van der Waals surface area (Å²) in [6, 6.07) is 6.61. The normalized spacial score (nSPS) is 11.5. The first kappa shape index (κ1) is 15.6. The van der Waals surface area contributed by atoms with E-state index in [-0.39, 0.29) is 4.90 Å². The van der Waals surface area contributed by atoms with E-state index in [9.17, 15) is 8.42 Å². The highest BCUT2D eigenvalue weighted by atomic mass is 32.2. The minimum Gasteiger partial charge on any atom is -0.309 e. The second kappa shape index (κ2) is 6.66. The summed E-state index contributed by atoms with van der Waals surface area (Å²) < 4.78 is 26.8. The van der Waals surface area contributed by atoms with Crippen molar-refractivity contribution in [3.8, 4) is 6.07 Å². The highest BCUT2D eigenvalue weighted by molar-refractivity contribution is 7.89. The maximum atomic E-state index is 12.1. The minimum atomic E-state index is -3.54. The van der Waals surface area contributed by atoms with E-state index >= 15 is 0 Å². The Morgan fingerprint density at radius 2 is 2.05 bits per heavy atom. The molecular formula is C13H19N3O2S. The van der Waals surface area contributed by atoms with Crippen LogP contribution >= 0.6 is 0 Å². The Hall–Kier alpha value is -1.42. The first-order chi connectivity index (χ1) is 8.86. The molecule has 1 rings (SSSR count). The molecule has 0 fully saturated rings. The molecule has 0 unspecified atom stereocenters. The van der Waals surface area contributed by atoms with Crippen molar-refractivity contribution in [3.05, 3.63) is 29.3 Å². The third-order valence-corrected chi connectivity index (χ3v) is 4.28. The van der Waals surface area contributed by atoms with Gasteiger partial charge in [-0.2, -0.15) is 5.26 Å². The van der Waals surface area contributed by atoms with Crippen molar-refractivity contribution in [2.45, 2.75) is 18.2 Å². The first-order valence-corrected chi connectivity index (χ1v) is 7.50. The van der Waals surface area contributed by atoms with Gasteiger partial charge in [-0.1, -0.05) is 6.07 Å². The van der Waals surface area contributed by atoms with Crippen molar-refractivity contribution in [1.29, 1.82) is 5.26 Å². The molecule has 0 aliphatic heterocycles. The monoisotopic (exact) mass is 281 g/mol. The number of benzene rings is 1. The third kappa shape index (κ3) is 4.63. The van der Waals surface area contributed by atoms with Crippen LogP contribution < -0.4 is 4.72 Å². The number of nitriles is 1. The number of hydrogen-bond donors (Lipinski definition) is 1. The van der Waals surface area contributed by atoms with Gasteiger partial charge in [-0.3, -0.25) is 0 Å². The van der Waals surface area contributed by atoms with Crippen molar-refractivity contribution >= 4 is 10.0 Å². The van der Waals surface area contributed by atoms with Crippen LogP contribution in [0.1, 0.15) is 17.5 Å². The lowest BCUT2D eigenvalue weighted by Crippen LogP contribution is -2.27. The number of sulfonamides is 1. The molecule has 0 amide bonds. The fraction of sp³-hybridized carbons (Fsp3) is 0.462. The van der Waals surface area contributed by atoms with Gasteiger partial charge in [0.1, 0.15) is 0 Å². The second-order valence-corrected chi connectivity index (χ2v) is 6.38. The molecule has 19 heavy (non-hydrogen) atoms. The van der Waals surface area contributed by atoms with Gasteiger partial charge in [0.25, 0.3) is 0 Å². The quantitative estimate of drug-likeness (QED) is 0.792. The van der Waals surface area contributed by atoms with Crippen LogP contribution in [0, 0.1) is 18.3 Å². The van der Waals surface area contributed by atoms with Gasteiger partial charge >= 0.3 is 0 Å². The SMILES string of the molecule is Cc1ccc(C#N)cc1S(=O)(=O)NCCCN(C)C. The van der Waals surface area contributed by atoms with Crippen molar-refractivity contribution in [2.75, 3.05) is 27.2 Å². The molecule has 5 nitrogen and oxygen atoms in total. The van der Waals surface area contributed by atoms with Crippen molar-refractivity contribution in [1.82, 2.24) is 9.62 Å². The van der Waals surface area contributed by atoms with E-state index in [0.717, 1.165) is 13.0 Å². The van der Waals surface area contributed by atoms with Crippen molar-refractivity contribution < 1.29 is 8.42 Å². The third-order valence-electron chi connectivity index (χ3n) is 2.68. The number of hydrogen-bond acceptors (Lipinski definition) is 4. The Kier molecular flexibility index (Phi) is 5.48. The summed E-state index contributed by atoms with van der Waals surface area (Å²) in [7, 11) is 0.338. The Bertz CT molecular complexity index is 574. The number of rotatable bonds is 6. The van der Waals surface area contributed by atoms with Crippen LogP contribution in [0.5, 0.6) is 0 Å². The molecule has 6 heteroatoms. The molecule has 1 aromatic carbocycles. The highest BCUT2D eigenvalue weighted by Crippen LogP contribution is 2.16. The zero-order chi connectivity index (χ0) is 14.5. The van der Waals surface area contributed by atoms with E-state index in [0.29, 0.717) is 17.7 Å². The van der Waals surface area contributed by atoms with Crippen LogP contribution in [0.4, 0.5) is 0 Å². The number of nitrogens with one attached hydrogen (secondary N) is 1. The summed E-state index contributed by atoms with van der Waals surface area (Å²) in [6.45, 7) is 2.92. The summed E-state index contributed by atoms with van der Waals surface area (Å²) >= 11 is 0. The van der Waals surface area contributed by atoms with Gasteiger partial charge < -0.3 is 4.90 Å². The van der Waals surface area contributed by atoms with Crippen LogP contribution in [0.15, 0.2) is 23.1 Å². The van der Waals surface area contributed by atoms with Crippen LogP contribution in [-0.2, 0) is 10.0 Å². The Labute approximate surface area is 114 Å². The summed E-state index contributed by atoms with van der Waals surface area (Å²) in [5.41, 5.74) is 0.985. The molecular weight excluding hydrogens is 262 g/mol. The molecule has 0 radical (unpaired) electrons. The molecule has 0 aliphatic carbocycles. The van der Waals surface area contributed by atoms with E-state index in [2.05, 4.69) is 4.72 Å². The van der Waals surface area contributed by atoms with Crippen LogP contribution in [0.25, 0.3) is 0 Å². The average molecular weight is 281 g/mol. The highest BCUT2D eigenvalue weighted by Gasteiger charge is 2.16. The van der Waals surface area contributed by atoms with E-state index in [4.69, 9.17) is 5.26 Å². The van der Waals surface area contributed by atoms with Gasteiger partial charge in [0, 0.05) is 6.54 Å². The van der Waals surface area contributed by atoms with Gasteiger partial charge in [-0.15, -0.1) is 0 Å². The van der Waals surface area contributed by atoms with Gasteiger partial charge in [0.2, 0.25) is 10.0 Å². The first-order valence-electron chi connectivity index (χ1n) is 6.02. The van der Waals surface area contributed by atoms with Gasteiger partial charge in [0.05, 0.1) is 16.5 Å². The predicted octanol–water partition coefficient (Wildman–Crippen LogP) is 1.10. The molecule has 104 valence electrons. The molecule has 1 N–H and O–H groups in total. The summed E-state index contributed by atoms with van der Waals surface area (Å²) in [5.74, 6) is 0. The molecule has 1 aromatic rings. The predicted molar refractivity (Wildman–Crippen MR) is 74.3 cm³/mol. The summed E-state index contributed by atoms with van der Waals surface area (Å²) in [4.78, 5) is 2.17. The van der Waals surface area contributed by atoms with E-state index < -0.39 is 10.0 Å². The van der Waals surface area contributed by atoms with E-state index in [1.807, 2.05) is 25.1 Å². The lowest BCUT2D eigenvalue weighted by molar-refractivity contribution is 0.400. The van der Waals surface area contributed by atoms with Gasteiger partial charge in [-0.25, -0.2) is 13.1 Å². The zero-order valence-electron chi connectivity index (χ0n) is 11.5. The van der Waals surface area contributed by atoms with Crippen LogP contribution in [-0.4, -0.2) is 40.5 Å². The lowest BCUT2D eigenvalue weighted by atomic mass is 10.2. The lowest BCUT2D eigenvalue weighted by Gasteiger charge is -2.11. The van der Waals surface area contributed by atoms with E-state index in [1.165, 1.54) is 6.07 Å². The number of nitrogens with zero attached hydrogens (tertiary/aromatic N) is 2. The maximum Gasteiger partial charge on any atom is 0.240 e. The second-order valence-electron chi connectivity index (χ2n) is 4.65. The standard InChI is InChI=1S/C13H19N3O2S/c1-11-5-6-12(10-14)9-13(11)19(17,18)15-7-4-8-16(2)3/h5-6,9,15H,4,7-8H2,1-3H3. The van der Waals surface area contributed by atoms with Crippen molar-refractivity contribution in [3.63, 3.8) is 0 Å². The van der Waals surface area contributed by atoms with E-state index in [1.54, 1.807) is 19.1 Å². The fourth-order valence-electron chi connectivity index (χ4n) is 1.64. The van der Waals surface area contributed by atoms with Crippen LogP contribution in [0.3, 0.4) is 0 Å². The fourth-order valence-corrected chi connectivity index (χ4v) is 2.98. The molecule has 0 spiro atoms. The molecule has 0 aliphatic rings. The smallest absolute Gasteiger partial charge is 0.240 e. The van der Waals surface area contributed by atoms with Crippen LogP contribution in [0.2, 0.25) is 0 Å². The van der Waals surface area contributed by atoms with Crippen molar-refractivity contribution in [2.24, 2.45) is 0 Å². The summed E-state index contributed by atoms with van der Waals surface area (Å²) in [6.07, 6.45) is 0.739. The Morgan fingerprint density at radius 1 is 1.37 bits per heavy atom. The summed E-state index contributed by atoms with van der Waals surface area (Å²) in [5, 5.41) is 8.82. The Balaban J connectivity index is 2.80. The zero-order valence-corrected chi connectivity index (χ0v) is 12.3. The molecule has 0 bridgehead atoms.